The number of hydrogen-bond donors (Lipinski definition) is 3. The molecule has 0 saturated carbocycles. The fraction of sp³-hybridized carbons (Fsp3) is 0.818. The maximum Gasteiger partial charge on any atom is 0.279 e. The summed E-state index contributed by atoms with van der Waals surface area (Å²) in [6.45, 7) is 6.05. The van der Waals surface area contributed by atoms with Crippen molar-refractivity contribution in [2.45, 2.75) is 32.7 Å². The highest BCUT2D eigenvalue weighted by molar-refractivity contribution is 7.87. The van der Waals surface area contributed by atoms with Gasteiger partial charge in [0.05, 0.1) is 6.04 Å². The SMILES string of the molecule is CCCNCCCN(C)S(=O)(=O)NC(C)c1ncn[nH]1. The van der Waals surface area contributed by atoms with Crippen LogP contribution in [0.15, 0.2) is 6.33 Å². The van der Waals surface area contributed by atoms with Gasteiger partial charge in [-0.2, -0.15) is 22.5 Å². The van der Waals surface area contributed by atoms with Crippen LogP contribution in [0.2, 0.25) is 0 Å². The minimum Gasteiger partial charge on any atom is -0.317 e. The van der Waals surface area contributed by atoms with Gasteiger partial charge in [-0.05, 0) is 32.9 Å². The predicted octanol–water partition coefficient (Wildman–Crippen LogP) is 0.0216. The first kappa shape index (κ1) is 17.0. The van der Waals surface area contributed by atoms with Crippen molar-refractivity contribution < 1.29 is 8.42 Å². The molecule has 116 valence electrons. The Morgan fingerprint density at radius 3 is 2.80 bits per heavy atom. The zero-order valence-corrected chi connectivity index (χ0v) is 13.1. The van der Waals surface area contributed by atoms with Gasteiger partial charge < -0.3 is 5.32 Å². The molecule has 0 fully saturated rings. The summed E-state index contributed by atoms with van der Waals surface area (Å²) in [6, 6.07) is -0.442. The van der Waals surface area contributed by atoms with Gasteiger partial charge >= 0.3 is 0 Å². The van der Waals surface area contributed by atoms with Crippen LogP contribution in [0.4, 0.5) is 0 Å². The number of H-pyrrole nitrogens is 1. The second kappa shape index (κ2) is 8.30. The van der Waals surface area contributed by atoms with Crippen molar-refractivity contribution in [3.63, 3.8) is 0 Å². The highest BCUT2D eigenvalue weighted by Gasteiger charge is 2.21. The van der Waals surface area contributed by atoms with E-state index in [9.17, 15) is 8.42 Å². The number of aromatic amines is 1. The average Bonchev–Trinajstić information content (AvgIpc) is 2.91. The van der Waals surface area contributed by atoms with Crippen LogP contribution >= 0.6 is 0 Å². The molecule has 0 radical (unpaired) electrons. The molecular weight excluding hydrogens is 280 g/mol. The maximum absolute atomic E-state index is 12.1. The van der Waals surface area contributed by atoms with Crippen molar-refractivity contribution in [2.24, 2.45) is 0 Å². The molecule has 3 N–H and O–H groups in total. The molecule has 0 aliphatic heterocycles. The van der Waals surface area contributed by atoms with Crippen molar-refractivity contribution in [3.8, 4) is 0 Å². The molecule has 0 aliphatic carbocycles. The minimum atomic E-state index is -3.51. The summed E-state index contributed by atoms with van der Waals surface area (Å²) in [4.78, 5) is 3.93. The Morgan fingerprint density at radius 1 is 1.45 bits per heavy atom. The van der Waals surface area contributed by atoms with Crippen molar-refractivity contribution >= 4 is 10.2 Å². The summed E-state index contributed by atoms with van der Waals surface area (Å²) in [5, 5.41) is 9.59. The topological polar surface area (TPSA) is 103 Å². The first-order chi connectivity index (χ1) is 9.47. The van der Waals surface area contributed by atoms with Crippen molar-refractivity contribution in [1.82, 2.24) is 29.5 Å². The molecule has 1 unspecified atom stereocenters. The molecule has 8 nitrogen and oxygen atoms in total. The average molecular weight is 304 g/mol. The summed E-state index contributed by atoms with van der Waals surface area (Å²) in [7, 11) is -1.95. The largest absolute Gasteiger partial charge is 0.317 e. The fourth-order valence-electron chi connectivity index (χ4n) is 1.64. The Hall–Kier alpha value is -1.03. The quantitative estimate of drug-likeness (QED) is 0.529. The van der Waals surface area contributed by atoms with Gasteiger partial charge in [-0.3, -0.25) is 5.10 Å². The molecule has 9 heteroatoms. The molecule has 20 heavy (non-hydrogen) atoms. The lowest BCUT2D eigenvalue weighted by Crippen LogP contribution is -2.40. The summed E-state index contributed by atoms with van der Waals surface area (Å²) in [6.07, 6.45) is 3.20. The monoisotopic (exact) mass is 304 g/mol. The molecule has 0 amide bonds. The van der Waals surface area contributed by atoms with Crippen LogP contribution in [0.3, 0.4) is 0 Å². The number of rotatable bonds is 10. The second-order valence-electron chi connectivity index (χ2n) is 4.64. The van der Waals surface area contributed by atoms with Gasteiger partial charge in [0.25, 0.3) is 10.2 Å². The van der Waals surface area contributed by atoms with E-state index in [-0.39, 0.29) is 0 Å². The molecule has 0 aliphatic rings. The normalized spacial score (nSPS) is 13.8. The third kappa shape index (κ3) is 5.53. The first-order valence-electron chi connectivity index (χ1n) is 6.77. The Morgan fingerprint density at radius 2 is 2.20 bits per heavy atom. The predicted molar refractivity (Wildman–Crippen MR) is 77.3 cm³/mol. The number of aromatic nitrogens is 3. The molecule has 0 spiro atoms. The lowest BCUT2D eigenvalue weighted by Gasteiger charge is -2.20. The van der Waals surface area contributed by atoms with E-state index in [4.69, 9.17) is 0 Å². The molecule has 1 aromatic heterocycles. The van der Waals surface area contributed by atoms with E-state index in [2.05, 4.69) is 32.1 Å². The lowest BCUT2D eigenvalue weighted by atomic mass is 10.3. The fourth-order valence-corrected chi connectivity index (χ4v) is 2.75. The highest BCUT2D eigenvalue weighted by Crippen LogP contribution is 2.08. The second-order valence-corrected chi connectivity index (χ2v) is 6.45. The van der Waals surface area contributed by atoms with Crippen LogP contribution in [0, 0.1) is 0 Å². The maximum atomic E-state index is 12.1. The Balaban J connectivity index is 2.39. The van der Waals surface area contributed by atoms with E-state index < -0.39 is 16.3 Å². The van der Waals surface area contributed by atoms with Crippen LogP contribution < -0.4 is 10.0 Å². The molecule has 1 heterocycles. The van der Waals surface area contributed by atoms with Gasteiger partial charge in [0.1, 0.15) is 12.2 Å². The van der Waals surface area contributed by atoms with Crippen LogP contribution in [0.25, 0.3) is 0 Å². The van der Waals surface area contributed by atoms with Crippen molar-refractivity contribution in [3.05, 3.63) is 12.2 Å². The summed E-state index contributed by atoms with van der Waals surface area (Å²) in [5.74, 6) is 0.492. The summed E-state index contributed by atoms with van der Waals surface area (Å²) < 4.78 is 28.0. The Labute approximate surface area is 120 Å². The molecule has 0 bridgehead atoms. The van der Waals surface area contributed by atoms with E-state index in [1.807, 2.05) is 0 Å². The van der Waals surface area contributed by atoms with Gasteiger partial charge in [-0.15, -0.1) is 0 Å². The standard InChI is InChI=1S/C11H24N6O2S/c1-4-6-12-7-5-8-17(3)20(18,19)16-10(2)11-13-9-14-15-11/h9-10,12,16H,4-8H2,1-3H3,(H,13,14,15). The molecule has 1 aromatic rings. The van der Waals surface area contributed by atoms with Crippen molar-refractivity contribution in [1.29, 1.82) is 0 Å². The van der Waals surface area contributed by atoms with Crippen LogP contribution in [0.5, 0.6) is 0 Å². The minimum absolute atomic E-state index is 0.442. The van der Waals surface area contributed by atoms with E-state index in [0.29, 0.717) is 12.4 Å². The van der Waals surface area contributed by atoms with E-state index in [1.165, 1.54) is 10.6 Å². The van der Waals surface area contributed by atoms with E-state index in [0.717, 1.165) is 25.9 Å². The first-order valence-corrected chi connectivity index (χ1v) is 8.21. The molecular formula is C11H24N6O2S. The molecule has 0 saturated heterocycles. The van der Waals surface area contributed by atoms with E-state index >= 15 is 0 Å². The van der Waals surface area contributed by atoms with Gasteiger partial charge in [-0.25, -0.2) is 4.98 Å². The van der Waals surface area contributed by atoms with Crippen LogP contribution in [0.1, 0.15) is 38.6 Å². The zero-order valence-electron chi connectivity index (χ0n) is 12.3. The van der Waals surface area contributed by atoms with Gasteiger partial charge in [0.15, 0.2) is 0 Å². The molecule has 1 atom stereocenters. The van der Waals surface area contributed by atoms with Crippen LogP contribution in [-0.4, -0.2) is 54.6 Å². The smallest absolute Gasteiger partial charge is 0.279 e. The summed E-state index contributed by atoms with van der Waals surface area (Å²) in [5.41, 5.74) is 0. The Kier molecular flexibility index (Phi) is 7.06. The van der Waals surface area contributed by atoms with Gasteiger partial charge in [-0.1, -0.05) is 6.92 Å². The molecule has 0 aromatic carbocycles. The van der Waals surface area contributed by atoms with Crippen LogP contribution in [-0.2, 0) is 10.2 Å². The molecule has 1 rings (SSSR count). The van der Waals surface area contributed by atoms with Gasteiger partial charge in [0.2, 0.25) is 0 Å². The third-order valence-corrected chi connectivity index (χ3v) is 4.49. The third-order valence-electron chi connectivity index (χ3n) is 2.83. The van der Waals surface area contributed by atoms with E-state index in [1.54, 1.807) is 14.0 Å². The number of nitrogens with zero attached hydrogens (tertiary/aromatic N) is 3. The van der Waals surface area contributed by atoms with Crippen molar-refractivity contribution in [2.75, 3.05) is 26.7 Å². The highest BCUT2D eigenvalue weighted by atomic mass is 32.2. The summed E-state index contributed by atoms with van der Waals surface area (Å²) >= 11 is 0. The number of hydrogen-bond acceptors (Lipinski definition) is 5. The lowest BCUT2D eigenvalue weighted by molar-refractivity contribution is 0.437. The number of nitrogens with one attached hydrogen (secondary N) is 3. The van der Waals surface area contributed by atoms with Gasteiger partial charge in [0, 0.05) is 13.6 Å². The zero-order chi connectivity index (χ0) is 15.0. The Bertz CT molecular complexity index is 461.